The minimum atomic E-state index is -5.39. The molecule has 0 bridgehead atoms. The van der Waals surface area contributed by atoms with Gasteiger partial charge in [0, 0.05) is 30.4 Å². The number of phosphoric acid groups is 2. The van der Waals surface area contributed by atoms with Gasteiger partial charge in [0.1, 0.15) is 24.4 Å². The second kappa shape index (κ2) is 8.55. The molecule has 0 aromatic carbocycles. The Bertz CT molecular complexity index is 817. The average Bonchev–Trinajstić information content (AvgIpc) is 2.87. The van der Waals surface area contributed by atoms with Crippen molar-refractivity contribution in [1.29, 1.82) is 0 Å². The summed E-state index contributed by atoms with van der Waals surface area (Å²) in [6.07, 6.45) is -3.66. The number of ether oxygens (including phenoxy) is 1. The first-order chi connectivity index (χ1) is 12.5. The van der Waals surface area contributed by atoms with Gasteiger partial charge in [0.2, 0.25) is 0 Å². The first-order valence-corrected chi connectivity index (χ1v) is 10.4. The summed E-state index contributed by atoms with van der Waals surface area (Å²) in [4.78, 5) is 42.2. The number of aliphatic hydroxyl groups is 2. The molecule has 5 atom stereocenters. The number of carbonyl (C=O) groups is 1. The van der Waals surface area contributed by atoms with Crippen LogP contribution in [0.5, 0.6) is 0 Å². The summed E-state index contributed by atoms with van der Waals surface area (Å²) in [6.45, 7) is -0.708. The van der Waals surface area contributed by atoms with Gasteiger partial charge in [0.15, 0.2) is 0 Å². The predicted octanol–water partition coefficient (Wildman–Crippen LogP) is -0.660. The fourth-order valence-corrected chi connectivity index (χ4v) is 4.24. The highest BCUT2D eigenvalue weighted by atomic mass is 32.1. The van der Waals surface area contributed by atoms with Crippen LogP contribution >= 0.6 is 15.6 Å². The van der Waals surface area contributed by atoms with E-state index in [0.717, 1.165) is 6.20 Å². The molecule has 0 radical (unpaired) electrons. The van der Waals surface area contributed by atoms with Crippen LogP contribution in [0.15, 0.2) is 22.8 Å². The topological polar surface area (TPSA) is 205 Å². The lowest BCUT2D eigenvalue weighted by molar-refractivity contribution is -0.0228. The number of carbonyl (C=O) groups excluding carboxylic acids is 1. The molecular formula is C11H14N2O11P2S. The van der Waals surface area contributed by atoms with E-state index in [1.807, 2.05) is 0 Å². The molecule has 2 unspecified atom stereocenters. The third kappa shape index (κ3) is 5.73. The summed E-state index contributed by atoms with van der Waals surface area (Å²) in [5, 5.41) is 19.4. The van der Waals surface area contributed by atoms with E-state index in [-0.39, 0.29) is 11.1 Å². The van der Waals surface area contributed by atoms with Gasteiger partial charge < -0.3 is 29.6 Å². The molecule has 2 heterocycles. The number of pyridine rings is 1. The molecule has 2 rings (SSSR count). The third-order valence-corrected chi connectivity index (χ3v) is 5.75. The Kier molecular flexibility index (Phi) is 7.06. The highest BCUT2D eigenvalue weighted by Gasteiger charge is 2.49. The van der Waals surface area contributed by atoms with Gasteiger partial charge in [0.25, 0.3) is 5.91 Å². The Labute approximate surface area is 156 Å². The largest absolute Gasteiger partial charge is 0.481 e. The highest BCUT2D eigenvalue weighted by Crippen LogP contribution is 2.59. The summed E-state index contributed by atoms with van der Waals surface area (Å²) in [5.74, 6) is -0.799. The molecule has 1 amide bonds. The lowest BCUT2D eigenvalue weighted by Crippen LogP contribution is -2.34. The Morgan fingerprint density at radius 3 is 2.56 bits per heavy atom. The van der Waals surface area contributed by atoms with Crippen molar-refractivity contribution in [3.63, 3.8) is 0 Å². The molecule has 5 N–H and O–H groups in total. The maximum absolute atomic E-state index is 11.8. The quantitative estimate of drug-likeness (QED) is 0.332. The van der Waals surface area contributed by atoms with Crippen molar-refractivity contribution in [3.05, 3.63) is 29.6 Å². The van der Waals surface area contributed by atoms with E-state index in [2.05, 4.69) is 30.6 Å². The Hall–Kier alpha value is -1.02. The SMILES string of the molecule is O=C(N=S)c1cncc(C2O[C@H](CO)[C@@H](O)[C@H]2OP(=O)(O)OP(=O)(O)O)c1. The molecule has 1 fully saturated rings. The van der Waals surface area contributed by atoms with Gasteiger partial charge in [-0.3, -0.25) is 14.3 Å². The molecular weight excluding hydrogens is 430 g/mol. The van der Waals surface area contributed by atoms with Crippen LogP contribution in [-0.4, -0.2) is 60.7 Å². The maximum atomic E-state index is 11.8. The summed E-state index contributed by atoms with van der Waals surface area (Å²) >= 11 is 4.29. The molecule has 1 aromatic heterocycles. The third-order valence-electron chi connectivity index (χ3n) is 3.40. The van der Waals surface area contributed by atoms with E-state index in [4.69, 9.17) is 14.5 Å². The van der Waals surface area contributed by atoms with Crippen molar-refractivity contribution in [2.24, 2.45) is 4.36 Å². The van der Waals surface area contributed by atoms with E-state index in [1.165, 1.54) is 12.3 Å². The second-order valence-corrected chi connectivity index (χ2v) is 8.25. The Balaban J connectivity index is 2.35. The number of aromatic nitrogens is 1. The Morgan fingerprint density at radius 2 is 2.00 bits per heavy atom. The van der Waals surface area contributed by atoms with Crippen molar-refractivity contribution < 1.29 is 52.4 Å². The predicted molar refractivity (Wildman–Crippen MR) is 86.9 cm³/mol. The number of hydrogen-bond donors (Lipinski definition) is 5. The molecule has 13 nitrogen and oxygen atoms in total. The van der Waals surface area contributed by atoms with E-state index in [1.54, 1.807) is 0 Å². The highest BCUT2D eigenvalue weighted by molar-refractivity contribution is 7.60. The zero-order valence-corrected chi connectivity index (χ0v) is 15.7. The monoisotopic (exact) mass is 444 g/mol. The average molecular weight is 444 g/mol. The molecule has 0 aliphatic carbocycles. The van der Waals surface area contributed by atoms with Crippen LogP contribution in [0, 0.1) is 0 Å². The summed E-state index contributed by atoms with van der Waals surface area (Å²) in [5.41, 5.74) is 0.0288. The molecule has 1 saturated heterocycles. The van der Waals surface area contributed by atoms with Gasteiger partial charge in [-0.25, -0.2) is 9.13 Å². The standard InChI is InChI=1S/C11H14N2O11P2S/c14-4-7-8(15)10(23-26(20,21)24-25(17,18)19)9(22-7)5-1-6(3-12-2-5)11(16)13-27/h1-3,7-10,14-15H,4H2,(H,20,21)(H2,17,18,19)/t7-,8-,9?,10-/m1/s1. The molecule has 16 heteroatoms. The van der Waals surface area contributed by atoms with Gasteiger partial charge in [-0.15, -0.1) is 4.36 Å². The first-order valence-electron chi connectivity index (χ1n) is 7.02. The summed E-state index contributed by atoms with van der Waals surface area (Å²) in [6, 6.07) is 1.21. The van der Waals surface area contributed by atoms with Crippen molar-refractivity contribution in [3.8, 4) is 0 Å². The number of amides is 1. The number of phosphoric ester groups is 1. The zero-order chi connectivity index (χ0) is 20.4. The minimum absolute atomic E-state index is 0.0505. The fraction of sp³-hybridized carbons (Fsp3) is 0.455. The maximum Gasteiger partial charge on any atom is 0.481 e. The van der Waals surface area contributed by atoms with Gasteiger partial charge in [-0.1, -0.05) is 0 Å². The number of nitrogens with zero attached hydrogens (tertiary/aromatic N) is 2. The minimum Gasteiger partial charge on any atom is -0.394 e. The lowest BCUT2D eigenvalue weighted by Gasteiger charge is -2.23. The normalized spacial score (nSPS) is 27.9. The molecule has 1 aliphatic rings. The van der Waals surface area contributed by atoms with Crippen molar-refractivity contribution >= 4 is 34.0 Å². The fourth-order valence-electron chi connectivity index (χ4n) is 2.36. The lowest BCUT2D eigenvalue weighted by atomic mass is 10.0. The van der Waals surface area contributed by atoms with Crippen LogP contribution < -0.4 is 0 Å². The van der Waals surface area contributed by atoms with E-state index < -0.39 is 52.6 Å². The van der Waals surface area contributed by atoms with Gasteiger partial charge in [0.05, 0.1) is 12.2 Å². The number of aliphatic hydroxyl groups excluding tert-OH is 2. The molecule has 150 valence electrons. The second-order valence-electron chi connectivity index (χ2n) is 5.28. The van der Waals surface area contributed by atoms with Gasteiger partial charge in [-0.05, 0) is 6.07 Å². The van der Waals surface area contributed by atoms with Gasteiger partial charge in [-0.2, -0.15) is 4.31 Å². The van der Waals surface area contributed by atoms with Crippen LogP contribution in [0.2, 0.25) is 0 Å². The molecule has 0 saturated carbocycles. The van der Waals surface area contributed by atoms with E-state index in [9.17, 15) is 29.0 Å². The van der Waals surface area contributed by atoms with Crippen LogP contribution in [0.25, 0.3) is 0 Å². The van der Waals surface area contributed by atoms with Crippen LogP contribution in [0.3, 0.4) is 0 Å². The van der Waals surface area contributed by atoms with Crippen LogP contribution in [-0.2, 0) is 35.1 Å². The smallest absolute Gasteiger partial charge is 0.394 e. The molecule has 0 spiro atoms. The molecule has 27 heavy (non-hydrogen) atoms. The van der Waals surface area contributed by atoms with E-state index >= 15 is 0 Å². The van der Waals surface area contributed by atoms with Gasteiger partial charge >= 0.3 is 15.6 Å². The molecule has 1 aliphatic heterocycles. The Morgan fingerprint density at radius 1 is 1.33 bits per heavy atom. The van der Waals surface area contributed by atoms with Crippen LogP contribution in [0.1, 0.15) is 22.0 Å². The van der Waals surface area contributed by atoms with Crippen molar-refractivity contribution in [1.82, 2.24) is 4.98 Å². The molecule has 1 aromatic rings. The van der Waals surface area contributed by atoms with Crippen molar-refractivity contribution in [2.75, 3.05) is 6.61 Å². The number of rotatable bonds is 7. The van der Waals surface area contributed by atoms with Crippen LogP contribution in [0.4, 0.5) is 0 Å². The summed E-state index contributed by atoms with van der Waals surface area (Å²) < 4.78 is 39.4. The van der Waals surface area contributed by atoms with E-state index in [0.29, 0.717) is 0 Å². The zero-order valence-electron chi connectivity index (χ0n) is 13.1. The number of hydrogen-bond acceptors (Lipinski definition) is 10. The first kappa shape index (κ1) is 22.3. The summed E-state index contributed by atoms with van der Waals surface area (Å²) in [7, 11) is -10.7. The van der Waals surface area contributed by atoms with Crippen molar-refractivity contribution in [2.45, 2.75) is 24.4 Å².